The van der Waals surface area contributed by atoms with Crippen LogP contribution in [0.2, 0.25) is 5.02 Å². The van der Waals surface area contributed by atoms with Gasteiger partial charge in [0.05, 0.1) is 5.02 Å². The molecule has 2 nitrogen and oxygen atoms in total. The van der Waals surface area contributed by atoms with Gasteiger partial charge in [0.25, 0.3) is 0 Å². The summed E-state index contributed by atoms with van der Waals surface area (Å²) in [6.07, 6.45) is -6.70. The van der Waals surface area contributed by atoms with Crippen molar-refractivity contribution in [2.45, 2.75) is 12.3 Å². The van der Waals surface area contributed by atoms with Gasteiger partial charge >= 0.3 is 6.18 Å². The molecule has 0 bridgehead atoms. The van der Waals surface area contributed by atoms with Crippen molar-refractivity contribution in [1.82, 2.24) is 0 Å². The van der Waals surface area contributed by atoms with Crippen LogP contribution >= 0.6 is 11.6 Å². The number of ether oxygens (including phenoxy) is 1. The van der Waals surface area contributed by atoms with Crippen LogP contribution < -0.4 is 10.5 Å². The lowest BCUT2D eigenvalue weighted by atomic mass is 10.3. The summed E-state index contributed by atoms with van der Waals surface area (Å²) < 4.78 is 54.1. The van der Waals surface area contributed by atoms with E-state index in [1.54, 1.807) is 0 Å². The molecule has 16 heavy (non-hydrogen) atoms. The molecule has 1 rings (SSSR count). The van der Waals surface area contributed by atoms with Gasteiger partial charge in [-0.25, -0.2) is 4.39 Å². The maximum absolute atomic E-state index is 12.7. The zero-order valence-corrected chi connectivity index (χ0v) is 8.65. The van der Waals surface area contributed by atoms with Crippen LogP contribution in [0.1, 0.15) is 0 Å². The third-order valence-corrected chi connectivity index (χ3v) is 2.04. The summed E-state index contributed by atoms with van der Waals surface area (Å²) in [4.78, 5) is 0. The average molecular weight is 258 g/mol. The van der Waals surface area contributed by atoms with E-state index in [4.69, 9.17) is 17.3 Å². The first-order valence-corrected chi connectivity index (χ1v) is 4.61. The predicted molar refractivity (Wildman–Crippen MR) is 50.9 cm³/mol. The molecule has 0 heterocycles. The van der Waals surface area contributed by atoms with Crippen molar-refractivity contribution >= 4 is 11.6 Å². The highest BCUT2D eigenvalue weighted by molar-refractivity contribution is 6.30. The lowest BCUT2D eigenvalue weighted by Crippen LogP contribution is -2.40. The number of rotatable bonds is 3. The summed E-state index contributed by atoms with van der Waals surface area (Å²) in [5.74, 6) is -0.913. The van der Waals surface area contributed by atoms with Crippen LogP contribution in [0, 0.1) is 5.82 Å². The Balaban J connectivity index is 2.83. The minimum atomic E-state index is -4.57. The molecule has 0 radical (unpaired) electrons. The van der Waals surface area contributed by atoms with Gasteiger partial charge in [-0.05, 0) is 12.1 Å². The molecule has 0 aliphatic carbocycles. The monoisotopic (exact) mass is 257 g/mol. The summed E-state index contributed by atoms with van der Waals surface area (Å²) in [7, 11) is 0. The van der Waals surface area contributed by atoms with Crippen molar-refractivity contribution in [2.75, 3.05) is 6.54 Å². The second-order valence-corrected chi connectivity index (χ2v) is 3.37. The Labute approximate surface area is 93.9 Å². The van der Waals surface area contributed by atoms with Crippen LogP contribution in [0.3, 0.4) is 0 Å². The van der Waals surface area contributed by atoms with E-state index in [0.717, 1.165) is 18.2 Å². The van der Waals surface area contributed by atoms with Crippen molar-refractivity contribution < 1.29 is 22.3 Å². The van der Waals surface area contributed by atoms with Crippen molar-refractivity contribution in [2.24, 2.45) is 5.73 Å². The molecule has 1 aromatic carbocycles. The van der Waals surface area contributed by atoms with Gasteiger partial charge in [0.15, 0.2) is 0 Å². The van der Waals surface area contributed by atoms with Crippen LogP contribution in [-0.2, 0) is 0 Å². The highest BCUT2D eigenvalue weighted by Crippen LogP contribution is 2.27. The van der Waals surface area contributed by atoms with E-state index in [1.807, 2.05) is 0 Å². The molecule has 0 saturated carbocycles. The zero-order valence-electron chi connectivity index (χ0n) is 7.89. The lowest BCUT2D eigenvalue weighted by Gasteiger charge is -2.20. The first kappa shape index (κ1) is 13.1. The largest absolute Gasteiger partial charge is 0.480 e. The van der Waals surface area contributed by atoms with Gasteiger partial charge in [0.2, 0.25) is 6.10 Å². The number of halogens is 5. The summed E-state index contributed by atoms with van der Waals surface area (Å²) >= 11 is 5.39. The van der Waals surface area contributed by atoms with Crippen LogP contribution in [0.15, 0.2) is 18.2 Å². The van der Waals surface area contributed by atoms with E-state index in [1.165, 1.54) is 0 Å². The Morgan fingerprint density at radius 3 is 2.44 bits per heavy atom. The number of alkyl halides is 3. The standard InChI is InChI=1S/C9H8ClF4NO/c10-6-3-5(1-2-7(6)11)16-8(4-15)9(12,13)14/h1-3,8H,4,15H2. The first-order valence-electron chi connectivity index (χ1n) is 4.23. The van der Waals surface area contributed by atoms with Gasteiger partial charge < -0.3 is 10.5 Å². The zero-order chi connectivity index (χ0) is 12.3. The Morgan fingerprint density at radius 2 is 2.00 bits per heavy atom. The van der Waals surface area contributed by atoms with Crippen LogP contribution in [0.4, 0.5) is 17.6 Å². The quantitative estimate of drug-likeness (QED) is 0.845. The van der Waals surface area contributed by atoms with E-state index in [9.17, 15) is 17.6 Å². The van der Waals surface area contributed by atoms with Gasteiger partial charge in [0.1, 0.15) is 11.6 Å². The Kier molecular flexibility index (Phi) is 3.98. The number of hydrogen-bond donors (Lipinski definition) is 1. The first-order chi connectivity index (χ1) is 7.34. The summed E-state index contributed by atoms with van der Waals surface area (Å²) in [5, 5.41) is -0.310. The molecule has 0 aliphatic heterocycles. The van der Waals surface area contributed by atoms with Crippen molar-refractivity contribution in [3.05, 3.63) is 29.0 Å². The topological polar surface area (TPSA) is 35.2 Å². The minimum absolute atomic E-state index is 0.181. The Hall–Kier alpha value is -1.01. The molecule has 7 heteroatoms. The summed E-state index contributed by atoms with van der Waals surface area (Å²) in [5.41, 5.74) is 4.92. The second kappa shape index (κ2) is 4.88. The van der Waals surface area contributed by atoms with Crippen molar-refractivity contribution in [3.63, 3.8) is 0 Å². The second-order valence-electron chi connectivity index (χ2n) is 2.96. The molecule has 0 aromatic heterocycles. The Bertz CT molecular complexity index is 369. The molecule has 0 aliphatic rings. The van der Waals surface area contributed by atoms with Gasteiger partial charge in [0, 0.05) is 12.6 Å². The molecule has 0 amide bonds. The normalized spacial score (nSPS) is 13.6. The molecule has 1 aromatic rings. The molecule has 1 atom stereocenters. The van der Waals surface area contributed by atoms with Gasteiger partial charge in [-0.1, -0.05) is 11.6 Å². The number of nitrogens with two attached hydrogens (primary N) is 1. The van der Waals surface area contributed by atoms with E-state index in [0.29, 0.717) is 0 Å². The minimum Gasteiger partial charge on any atom is -0.480 e. The molecular formula is C9H8ClF4NO. The van der Waals surface area contributed by atoms with Crippen LogP contribution in [0.5, 0.6) is 5.75 Å². The molecular weight excluding hydrogens is 250 g/mol. The maximum atomic E-state index is 12.7. The summed E-state index contributed by atoms with van der Waals surface area (Å²) in [6.45, 7) is -0.724. The number of benzene rings is 1. The molecule has 90 valence electrons. The average Bonchev–Trinajstić information content (AvgIpc) is 2.18. The molecule has 0 spiro atoms. The fourth-order valence-corrected chi connectivity index (χ4v) is 1.13. The van der Waals surface area contributed by atoms with Gasteiger partial charge in [-0.3, -0.25) is 0 Å². The van der Waals surface area contributed by atoms with Crippen LogP contribution in [0.25, 0.3) is 0 Å². The molecule has 0 fully saturated rings. The van der Waals surface area contributed by atoms with Crippen molar-refractivity contribution in [3.8, 4) is 5.75 Å². The fourth-order valence-electron chi connectivity index (χ4n) is 0.963. The Morgan fingerprint density at radius 1 is 1.38 bits per heavy atom. The number of hydrogen-bond acceptors (Lipinski definition) is 2. The molecule has 2 N–H and O–H groups in total. The fraction of sp³-hybridized carbons (Fsp3) is 0.333. The SMILES string of the molecule is NCC(Oc1ccc(F)c(Cl)c1)C(F)(F)F. The lowest BCUT2D eigenvalue weighted by molar-refractivity contribution is -0.191. The van der Waals surface area contributed by atoms with E-state index in [-0.39, 0.29) is 10.8 Å². The summed E-state index contributed by atoms with van der Waals surface area (Å²) in [6, 6.07) is 2.93. The highest BCUT2D eigenvalue weighted by atomic mass is 35.5. The third kappa shape index (κ3) is 3.24. The van der Waals surface area contributed by atoms with E-state index < -0.39 is 24.6 Å². The van der Waals surface area contributed by atoms with Gasteiger partial charge in [-0.2, -0.15) is 13.2 Å². The van der Waals surface area contributed by atoms with E-state index >= 15 is 0 Å². The van der Waals surface area contributed by atoms with Crippen LogP contribution in [-0.4, -0.2) is 18.8 Å². The highest BCUT2D eigenvalue weighted by Gasteiger charge is 2.40. The van der Waals surface area contributed by atoms with Crippen molar-refractivity contribution in [1.29, 1.82) is 0 Å². The van der Waals surface area contributed by atoms with E-state index in [2.05, 4.69) is 4.74 Å². The maximum Gasteiger partial charge on any atom is 0.426 e. The third-order valence-electron chi connectivity index (χ3n) is 1.75. The predicted octanol–water partition coefficient (Wildman–Crippen LogP) is 2.75. The molecule has 0 saturated heterocycles. The smallest absolute Gasteiger partial charge is 0.426 e. The molecule has 1 unspecified atom stereocenters. The van der Waals surface area contributed by atoms with Gasteiger partial charge in [-0.15, -0.1) is 0 Å².